The second-order valence-electron chi connectivity index (χ2n) is 3.54. The highest BCUT2D eigenvalue weighted by atomic mass is 79.9. The summed E-state index contributed by atoms with van der Waals surface area (Å²) >= 11 is 7.43. The van der Waals surface area contributed by atoms with Gasteiger partial charge in [-0.3, -0.25) is 0 Å². The fraction of sp³-hybridized carbons (Fsp3) is 0.600. The van der Waals surface area contributed by atoms with E-state index in [1.165, 1.54) is 12.8 Å². The standard InChI is InChI=1S/C10H12Br2/c11-9-5-6-10(12)8-4-2-1-3-7(8)9/h1-2,5-10H,3-4H2. The second kappa shape index (κ2) is 3.67. The van der Waals surface area contributed by atoms with E-state index in [2.05, 4.69) is 56.2 Å². The minimum absolute atomic E-state index is 0.584. The fourth-order valence-corrected chi connectivity index (χ4v) is 3.65. The van der Waals surface area contributed by atoms with Crippen LogP contribution in [-0.4, -0.2) is 9.65 Å². The Morgan fingerprint density at radius 1 is 0.833 bits per heavy atom. The molecule has 2 heteroatoms. The van der Waals surface area contributed by atoms with Gasteiger partial charge >= 0.3 is 0 Å². The summed E-state index contributed by atoms with van der Waals surface area (Å²) in [5.74, 6) is 1.59. The van der Waals surface area contributed by atoms with Crippen LogP contribution in [0.3, 0.4) is 0 Å². The van der Waals surface area contributed by atoms with E-state index in [4.69, 9.17) is 0 Å². The van der Waals surface area contributed by atoms with E-state index in [-0.39, 0.29) is 0 Å². The normalized spacial score (nSPS) is 45.8. The van der Waals surface area contributed by atoms with Crippen LogP contribution >= 0.6 is 31.9 Å². The number of halogens is 2. The van der Waals surface area contributed by atoms with Gasteiger partial charge in [0, 0.05) is 9.65 Å². The van der Waals surface area contributed by atoms with Gasteiger partial charge in [0.2, 0.25) is 0 Å². The van der Waals surface area contributed by atoms with Crippen LogP contribution in [-0.2, 0) is 0 Å². The second-order valence-corrected chi connectivity index (χ2v) is 5.66. The average molecular weight is 292 g/mol. The van der Waals surface area contributed by atoms with Crippen LogP contribution < -0.4 is 0 Å². The van der Waals surface area contributed by atoms with E-state index >= 15 is 0 Å². The summed E-state index contributed by atoms with van der Waals surface area (Å²) in [5.41, 5.74) is 0. The van der Waals surface area contributed by atoms with Crippen molar-refractivity contribution in [2.75, 3.05) is 0 Å². The molecular weight excluding hydrogens is 280 g/mol. The van der Waals surface area contributed by atoms with Crippen molar-refractivity contribution < 1.29 is 0 Å². The number of hydrogen-bond acceptors (Lipinski definition) is 0. The number of fused-ring (bicyclic) bond motifs is 1. The molecule has 0 bridgehead atoms. The molecule has 0 N–H and O–H groups in total. The van der Waals surface area contributed by atoms with Crippen molar-refractivity contribution in [1.82, 2.24) is 0 Å². The van der Waals surface area contributed by atoms with Crippen LogP contribution in [0.5, 0.6) is 0 Å². The summed E-state index contributed by atoms with van der Waals surface area (Å²) in [4.78, 5) is 1.17. The van der Waals surface area contributed by atoms with E-state index < -0.39 is 0 Å². The van der Waals surface area contributed by atoms with Gasteiger partial charge in [-0.1, -0.05) is 56.2 Å². The summed E-state index contributed by atoms with van der Waals surface area (Å²) in [5, 5.41) is 0. The summed E-state index contributed by atoms with van der Waals surface area (Å²) in [6, 6.07) is 0. The molecule has 0 spiro atoms. The molecule has 0 amide bonds. The topological polar surface area (TPSA) is 0 Å². The van der Waals surface area contributed by atoms with Crippen LogP contribution in [0.25, 0.3) is 0 Å². The molecule has 66 valence electrons. The first-order valence-electron chi connectivity index (χ1n) is 4.40. The lowest BCUT2D eigenvalue weighted by Gasteiger charge is -2.36. The lowest BCUT2D eigenvalue weighted by Crippen LogP contribution is -2.33. The summed E-state index contributed by atoms with van der Waals surface area (Å²) < 4.78 is 0. The summed E-state index contributed by atoms with van der Waals surface area (Å²) in [7, 11) is 0. The van der Waals surface area contributed by atoms with Gasteiger partial charge in [0.15, 0.2) is 0 Å². The Bertz CT molecular complexity index is 198. The highest BCUT2D eigenvalue weighted by Crippen LogP contribution is 2.40. The van der Waals surface area contributed by atoms with Crippen molar-refractivity contribution in [1.29, 1.82) is 0 Å². The van der Waals surface area contributed by atoms with Crippen LogP contribution in [0.15, 0.2) is 24.3 Å². The molecule has 2 aliphatic carbocycles. The average Bonchev–Trinajstić information content (AvgIpc) is 2.12. The molecule has 4 atom stereocenters. The molecular formula is C10H12Br2. The molecule has 0 nitrogen and oxygen atoms in total. The molecule has 2 aliphatic rings. The zero-order chi connectivity index (χ0) is 8.55. The SMILES string of the molecule is BrC1C=CC(Br)C2CC=CCC12. The van der Waals surface area contributed by atoms with E-state index in [1.807, 2.05) is 0 Å². The van der Waals surface area contributed by atoms with Crippen molar-refractivity contribution in [3.8, 4) is 0 Å². The highest BCUT2D eigenvalue weighted by molar-refractivity contribution is 9.10. The van der Waals surface area contributed by atoms with Crippen molar-refractivity contribution in [3.05, 3.63) is 24.3 Å². The van der Waals surface area contributed by atoms with E-state index in [9.17, 15) is 0 Å². The molecule has 0 aromatic rings. The maximum Gasteiger partial charge on any atom is 0.0360 e. The third-order valence-electron chi connectivity index (χ3n) is 2.83. The third-order valence-corrected chi connectivity index (χ3v) is 4.80. The van der Waals surface area contributed by atoms with Crippen molar-refractivity contribution >= 4 is 31.9 Å². The Hall–Kier alpha value is 0.440. The fourth-order valence-electron chi connectivity index (χ4n) is 2.09. The van der Waals surface area contributed by atoms with E-state index in [0.717, 1.165) is 11.8 Å². The molecule has 0 heterocycles. The van der Waals surface area contributed by atoms with Crippen molar-refractivity contribution in [2.45, 2.75) is 22.5 Å². The first kappa shape index (κ1) is 9.01. The number of hydrogen-bond donors (Lipinski definition) is 0. The Labute approximate surface area is 90.4 Å². The number of allylic oxidation sites excluding steroid dienone is 4. The predicted octanol–water partition coefficient (Wildman–Crippen LogP) is 3.67. The van der Waals surface area contributed by atoms with Gasteiger partial charge in [-0.15, -0.1) is 0 Å². The Balaban J connectivity index is 2.21. The van der Waals surface area contributed by atoms with Crippen molar-refractivity contribution in [2.24, 2.45) is 11.8 Å². The van der Waals surface area contributed by atoms with Gasteiger partial charge in [-0.05, 0) is 24.7 Å². The largest absolute Gasteiger partial charge is 0.0882 e. The molecule has 0 aromatic carbocycles. The van der Waals surface area contributed by atoms with Crippen molar-refractivity contribution in [3.63, 3.8) is 0 Å². The van der Waals surface area contributed by atoms with Gasteiger partial charge in [0.05, 0.1) is 0 Å². The van der Waals surface area contributed by atoms with Gasteiger partial charge < -0.3 is 0 Å². The minimum Gasteiger partial charge on any atom is -0.0882 e. The maximum absolute atomic E-state index is 3.72. The molecule has 12 heavy (non-hydrogen) atoms. The van der Waals surface area contributed by atoms with Gasteiger partial charge in [-0.25, -0.2) is 0 Å². The van der Waals surface area contributed by atoms with Gasteiger partial charge in [0.25, 0.3) is 0 Å². The lowest BCUT2D eigenvalue weighted by molar-refractivity contribution is 0.335. The number of rotatable bonds is 0. The Morgan fingerprint density at radius 3 is 1.67 bits per heavy atom. The maximum atomic E-state index is 3.72. The molecule has 0 aromatic heterocycles. The van der Waals surface area contributed by atoms with Gasteiger partial charge in [0.1, 0.15) is 0 Å². The molecule has 4 unspecified atom stereocenters. The highest BCUT2D eigenvalue weighted by Gasteiger charge is 2.33. The molecule has 0 aliphatic heterocycles. The molecule has 0 saturated heterocycles. The van der Waals surface area contributed by atoms with E-state index in [1.54, 1.807) is 0 Å². The van der Waals surface area contributed by atoms with Crippen LogP contribution in [0.2, 0.25) is 0 Å². The number of alkyl halides is 2. The smallest absolute Gasteiger partial charge is 0.0360 e. The quantitative estimate of drug-likeness (QED) is 0.472. The molecule has 0 saturated carbocycles. The minimum atomic E-state index is 0.584. The Morgan fingerprint density at radius 2 is 1.25 bits per heavy atom. The Kier molecular flexibility index (Phi) is 2.75. The van der Waals surface area contributed by atoms with E-state index in [0.29, 0.717) is 9.65 Å². The lowest BCUT2D eigenvalue weighted by atomic mass is 9.76. The zero-order valence-corrected chi connectivity index (χ0v) is 9.96. The third kappa shape index (κ3) is 1.56. The van der Waals surface area contributed by atoms with Crippen LogP contribution in [0.4, 0.5) is 0 Å². The molecule has 2 rings (SSSR count). The van der Waals surface area contributed by atoms with Crippen LogP contribution in [0.1, 0.15) is 12.8 Å². The first-order chi connectivity index (χ1) is 5.79. The molecule has 0 fully saturated rings. The summed E-state index contributed by atoms with van der Waals surface area (Å²) in [6.07, 6.45) is 11.6. The predicted molar refractivity (Wildman–Crippen MR) is 59.9 cm³/mol. The monoisotopic (exact) mass is 290 g/mol. The first-order valence-corrected chi connectivity index (χ1v) is 6.23. The molecule has 0 radical (unpaired) electrons. The zero-order valence-electron chi connectivity index (χ0n) is 6.79. The summed E-state index contributed by atoms with van der Waals surface area (Å²) in [6.45, 7) is 0. The van der Waals surface area contributed by atoms with Gasteiger partial charge in [-0.2, -0.15) is 0 Å². The van der Waals surface area contributed by atoms with Crippen LogP contribution in [0, 0.1) is 11.8 Å².